The fourth-order valence-corrected chi connectivity index (χ4v) is 2.68. The zero-order valence-corrected chi connectivity index (χ0v) is 11.6. The molecular formula is C12H13IN4. The molecule has 0 aromatic carbocycles. The summed E-state index contributed by atoms with van der Waals surface area (Å²) in [7, 11) is 0. The molecule has 2 heterocycles. The van der Waals surface area contributed by atoms with Gasteiger partial charge in [0.25, 0.3) is 0 Å². The first-order valence-electron chi connectivity index (χ1n) is 5.88. The Kier molecular flexibility index (Phi) is 3.09. The lowest BCUT2D eigenvalue weighted by Gasteiger charge is -2.09. The Labute approximate surface area is 114 Å². The molecule has 0 amide bonds. The van der Waals surface area contributed by atoms with E-state index in [1.807, 2.05) is 17.1 Å². The molecule has 0 bridgehead atoms. The molecular weight excluding hydrogens is 327 g/mol. The van der Waals surface area contributed by atoms with Crippen molar-refractivity contribution < 1.29 is 0 Å². The van der Waals surface area contributed by atoms with Gasteiger partial charge in [0.05, 0.1) is 9.77 Å². The van der Waals surface area contributed by atoms with E-state index in [1.165, 1.54) is 30.5 Å². The Morgan fingerprint density at radius 2 is 2.00 bits per heavy atom. The molecule has 0 unspecified atom stereocenters. The SMILES string of the molecule is Ic1cnn(-c2ncnc3c2CCCCC3)c1. The van der Waals surface area contributed by atoms with E-state index < -0.39 is 0 Å². The smallest absolute Gasteiger partial charge is 0.160 e. The number of hydrogen-bond acceptors (Lipinski definition) is 3. The van der Waals surface area contributed by atoms with E-state index in [1.54, 1.807) is 6.33 Å². The molecule has 5 heteroatoms. The second-order valence-electron chi connectivity index (χ2n) is 4.29. The van der Waals surface area contributed by atoms with Crippen LogP contribution in [0.4, 0.5) is 0 Å². The van der Waals surface area contributed by atoms with E-state index in [0.29, 0.717) is 0 Å². The van der Waals surface area contributed by atoms with Gasteiger partial charge in [0.15, 0.2) is 5.82 Å². The number of halogens is 1. The average molecular weight is 340 g/mol. The molecule has 0 atom stereocenters. The standard InChI is InChI=1S/C12H13IN4/c13-9-6-16-17(7-9)12-10-4-2-1-3-5-11(10)14-8-15-12/h6-8H,1-5H2. The van der Waals surface area contributed by atoms with Crippen LogP contribution in [0.3, 0.4) is 0 Å². The molecule has 0 aliphatic heterocycles. The second kappa shape index (κ2) is 4.72. The first-order chi connectivity index (χ1) is 8.34. The van der Waals surface area contributed by atoms with Crippen LogP contribution in [0.2, 0.25) is 0 Å². The third-order valence-electron chi connectivity index (χ3n) is 3.12. The molecule has 17 heavy (non-hydrogen) atoms. The molecule has 2 aromatic heterocycles. The van der Waals surface area contributed by atoms with Crippen molar-refractivity contribution in [2.24, 2.45) is 0 Å². The predicted octanol–water partition coefficient (Wildman–Crippen LogP) is 2.54. The molecule has 0 saturated carbocycles. The highest BCUT2D eigenvalue weighted by atomic mass is 127. The minimum atomic E-state index is 0.958. The molecule has 1 aliphatic carbocycles. The van der Waals surface area contributed by atoms with Crippen LogP contribution in [0, 0.1) is 3.57 Å². The zero-order valence-electron chi connectivity index (χ0n) is 9.43. The van der Waals surface area contributed by atoms with E-state index in [0.717, 1.165) is 22.2 Å². The topological polar surface area (TPSA) is 43.6 Å². The number of aryl methyl sites for hydroxylation is 1. The van der Waals surface area contributed by atoms with E-state index in [2.05, 4.69) is 37.7 Å². The van der Waals surface area contributed by atoms with E-state index in [4.69, 9.17) is 0 Å². The van der Waals surface area contributed by atoms with Gasteiger partial charge >= 0.3 is 0 Å². The van der Waals surface area contributed by atoms with Crippen LogP contribution in [0.1, 0.15) is 30.5 Å². The highest BCUT2D eigenvalue weighted by Crippen LogP contribution is 2.23. The summed E-state index contributed by atoms with van der Waals surface area (Å²) in [5.41, 5.74) is 2.49. The molecule has 0 fully saturated rings. The van der Waals surface area contributed by atoms with Crippen molar-refractivity contribution >= 4 is 22.6 Å². The maximum Gasteiger partial charge on any atom is 0.160 e. The molecule has 0 radical (unpaired) electrons. The Bertz CT molecular complexity index is 535. The van der Waals surface area contributed by atoms with Crippen molar-refractivity contribution in [3.63, 3.8) is 0 Å². The van der Waals surface area contributed by atoms with Crippen LogP contribution < -0.4 is 0 Å². The minimum Gasteiger partial charge on any atom is -0.241 e. The van der Waals surface area contributed by atoms with Crippen molar-refractivity contribution in [3.05, 3.63) is 33.5 Å². The van der Waals surface area contributed by atoms with Gasteiger partial charge in [0.1, 0.15) is 6.33 Å². The van der Waals surface area contributed by atoms with Gasteiger partial charge in [-0.2, -0.15) is 5.10 Å². The summed E-state index contributed by atoms with van der Waals surface area (Å²) in [5.74, 6) is 0.958. The third kappa shape index (κ3) is 2.20. The summed E-state index contributed by atoms with van der Waals surface area (Å²) < 4.78 is 3.00. The van der Waals surface area contributed by atoms with E-state index in [9.17, 15) is 0 Å². The highest BCUT2D eigenvalue weighted by molar-refractivity contribution is 14.1. The maximum absolute atomic E-state index is 4.42. The molecule has 0 saturated heterocycles. The van der Waals surface area contributed by atoms with Crippen molar-refractivity contribution in [2.45, 2.75) is 32.1 Å². The van der Waals surface area contributed by atoms with E-state index in [-0.39, 0.29) is 0 Å². The fraction of sp³-hybridized carbons (Fsp3) is 0.417. The second-order valence-corrected chi connectivity index (χ2v) is 5.53. The summed E-state index contributed by atoms with van der Waals surface area (Å²) in [6, 6.07) is 0. The largest absolute Gasteiger partial charge is 0.241 e. The minimum absolute atomic E-state index is 0.958. The van der Waals surface area contributed by atoms with Crippen molar-refractivity contribution in [1.29, 1.82) is 0 Å². The molecule has 3 rings (SSSR count). The van der Waals surface area contributed by atoms with Gasteiger partial charge in [-0.3, -0.25) is 0 Å². The molecule has 0 spiro atoms. The Morgan fingerprint density at radius 1 is 1.12 bits per heavy atom. The van der Waals surface area contributed by atoms with Gasteiger partial charge < -0.3 is 0 Å². The third-order valence-corrected chi connectivity index (χ3v) is 3.68. The lowest BCUT2D eigenvalue weighted by Crippen LogP contribution is -2.07. The van der Waals surface area contributed by atoms with Gasteiger partial charge in [-0.05, 0) is 48.3 Å². The van der Waals surface area contributed by atoms with Crippen LogP contribution >= 0.6 is 22.6 Å². The van der Waals surface area contributed by atoms with Gasteiger partial charge in [0.2, 0.25) is 0 Å². The summed E-state index contributed by atoms with van der Waals surface area (Å²) in [6.07, 6.45) is 11.4. The van der Waals surface area contributed by atoms with Gasteiger partial charge in [-0.25, -0.2) is 14.6 Å². The van der Waals surface area contributed by atoms with Gasteiger partial charge in [-0.1, -0.05) is 6.42 Å². The summed E-state index contributed by atoms with van der Waals surface area (Å²) in [5, 5.41) is 4.34. The van der Waals surface area contributed by atoms with Crippen molar-refractivity contribution in [2.75, 3.05) is 0 Å². The molecule has 4 nitrogen and oxygen atoms in total. The molecule has 1 aliphatic rings. The fourth-order valence-electron chi connectivity index (χ4n) is 2.29. The zero-order chi connectivity index (χ0) is 11.7. The van der Waals surface area contributed by atoms with Crippen LogP contribution in [-0.4, -0.2) is 19.7 Å². The van der Waals surface area contributed by atoms with Crippen LogP contribution in [0.25, 0.3) is 5.82 Å². The first kappa shape index (κ1) is 11.1. The van der Waals surface area contributed by atoms with Crippen LogP contribution in [0.15, 0.2) is 18.7 Å². The lowest BCUT2D eigenvalue weighted by atomic mass is 10.1. The first-order valence-corrected chi connectivity index (χ1v) is 6.96. The van der Waals surface area contributed by atoms with Crippen LogP contribution in [-0.2, 0) is 12.8 Å². The quantitative estimate of drug-likeness (QED) is 0.592. The monoisotopic (exact) mass is 340 g/mol. The number of hydrogen-bond donors (Lipinski definition) is 0. The summed E-state index contributed by atoms with van der Waals surface area (Å²) in [6.45, 7) is 0. The Balaban J connectivity index is 2.11. The molecule has 88 valence electrons. The summed E-state index contributed by atoms with van der Waals surface area (Å²) in [4.78, 5) is 8.82. The maximum atomic E-state index is 4.42. The average Bonchev–Trinajstić information content (AvgIpc) is 2.63. The Morgan fingerprint density at radius 3 is 2.82 bits per heavy atom. The predicted molar refractivity (Wildman–Crippen MR) is 73.1 cm³/mol. The molecule has 0 N–H and O–H groups in total. The number of aromatic nitrogens is 4. The van der Waals surface area contributed by atoms with Gasteiger partial charge in [-0.15, -0.1) is 0 Å². The highest BCUT2D eigenvalue weighted by Gasteiger charge is 2.15. The number of rotatable bonds is 1. The Hall–Kier alpha value is -0.980. The van der Waals surface area contributed by atoms with E-state index >= 15 is 0 Å². The number of fused-ring (bicyclic) bond motifs is 1. The molecule has 2 aromatic rings. The normalized spacial score (nSPS) is 15.4. The van der Waals surface area contributed by atoms with Crippen molar-refractivity contribution in [3.8, 4) is 5.82 Å². The number of nitrogens with zero attached hydrogens (tertiary/aromatic N) is 4. The summed E-state index contributed by atoms with van der Waals surface area (Å²) >= 11 is 2.26. The van der Waals surface area contributed by atoms with Crippen molar-refractivity contribution in [1.82, 2.24) is 19.7 Å². The lowest BCUT2D eigenvalue weighted by molar-refractivity contribution is 0.707. The van der Waals surface area contributed by atoms with Gasteiger partial charge in [0, 0.05) is 17.5 Å². The van der Waals surface area contributed by atoms with Crippen LogP contribution in [0.5, 0.6) is 0 Å².